The van der Waals surface area contributed by atoms with Crippen LogP contribution < -0.4 is 0 Å². The fourth-order valence-corrected chi connectivity index (χ4v) is 5.34. The summed E-state index contributed by atoms with van der Waals surface area (Å²) in [6, 6.07) is 8.43. The van der Waals surface area contributed by atoms with Crippen molar-refractivity contribution in [3.63, 3.8) is 0 Å². The molecule has 1 N–H and O–H groups in total. The molecule has 37 heavy (non-hydrogen) atoms. The van der Waals surface area contributed by atoms with Crippen molar-refractivity contribution in [3.8, 4) is 5.75 Å². The molecule has 2 heterocycles. The zero-order valence-electron chi connectivity index (χ0n) is 20.6. The number of phenolic OH excluding ortho intramolecular Hbond substituents is 1. The zero-order valence-corrected chi connectivity index (χ0v) is 22.2. The molecule has 1 aromatic carbocycles. The van der Waals surface area contributed by atoms with E-state index in [0.29, 0.717) is 15.6 Å². The van der Waals surface area contributed by atoms with Gasteiger partial charge in [0.15, 0.2) is 18.3 Å². The lowest BCUT2D eigenvalue weighted by atomic mass is 9.93. The van der Waals surface area contributed by atoms with Gasteiger partial charge in [-0.3, -0.25) is 19.2 Å². The molecule has 0 spiro atoms. The predicted octanol–water partition coefficient (Wildman–Crippen LogP) is 3.50. The van der Waals surface area contributed by atoms with Crippen molar-refractivity contribution in [1.82, 2.24) is 0 Å². The summed E-state index contributed by atoms with van der Waals surface area (Å²) in [7, 11) is 0. The Morgan fingerprint density at radius 2 is 1.46 bits per heavy atom. The van der Waals surface area contributed by atoms with Gasteiger partial charge in [0.2, 0.25) is 0 Å². The lowest BCUT2D eigenvalue weighted by molar-refractivity contribution is -0.254. The highest BCUT2D eigenvalue weighted by molar-refractivity contribution is 7.16. The number of rotatable bonds is 8. The molecule has 0 radical (unpaired) electrons. The van der Waals surface area contributed by atoms with Crippen molar-refractivity contribution in [2.75, 3.05) is 6.61 Å². The number of aromatic hydroxyl groups is 1. The van der Waals surface area contributed by atoms with Crippen LogP contribution in [0, 0.1) is 0 Å². The van der Waals surface area contributed by atoms with E-state index in [2.05, 4.69) is 0 Å². The minimum atomic E-state index is -1.26. The first-order valence-electron chi connectivity index (χ1n) is 11.3. The van der Waals surface area contributed by atoms with Gasteiger partial charge in [0.25, 0.3) is 0 Å². The lowest BCUT2D eigenvalue weighted by Crippen LogP contribution is -2.59. The molecule has 200 valence electrons. The van der Waals surface area contributed by atoms with E-state index in [4.69, 9.17) is 35.3 Å². The van der Waals surface area contributed by atoms with Crippen molar-refractivity contribution in [3.05, 3.63) is 50.7 Å². The monoisotopic (exact) mass is 554 g/mol. The number of esters is 4. The van der Waals surface area contributed by atoms with Crippen LogP contribution in [-0.2, 0) is 49.3 Å². The van der Waals surface area contributed by atoms with Crippen LogP contribution in [0.15, 0.2) is 30.3 Å². The summed E-state index contributed by atoms with van der Waals surface area (Å²) in [6.07, 6.45) is -5.28. The zero-order chi connectivity index (χ0) is 27.3. The van der Waals surface area contributed by atoms with E-state index in [1.54, 1.807) is 30.3 Å². The average molecular weight is 555 g/mol. The average Bonchev–Trinajstić information content (AvgIpc) is 3.15. The van der Waals surface area contributed by atoms with Gasteiger partial charge in [-0.2, -0.15) is 0 Å². The van der Waals surface area contributed by atoms with Crippen LogP contribution in [0.2, 0.25) is 4.34 Å². The Morgan fingerprint density at radius 3 is 2.03 bits per heavy atom. The molecule has 5 atom stereocenters. The van der Waals surface area contributed by atoms with Gasteiger partial charge < -0.3 is 28.8 Å². The van der Waals surface area contributed by atoms with Crippen LogP contribution in [-0.4, -0.2) is 60.0 Å². The van der Waals surface area contributed by atoms with Gasteiger partial charge in [-0.25, -0.2) is 0 Å². The van der Waals surface area contributed by atoms with Crippen molar-refractivity contribution < 1.29 is 48.0 Å². The van der Waals surface area contributed by atoms with E-state index < -0.39 is 54.4 Å². The molecule has 1 saturated heterocycles. The maximum Gasteiger partial charge on any atom is 0.303 e. The first-order valence-corrected chi connectivity index (χ1v) is 12.5. The van der Waals surface area contributed by atoms with Crippen LogP contribution in [0.4, 0.5) is 0 Å². The number of halogens is 1. The summed E-state index contributed by atoms with van der Waals surface area (Å²) >= 11 is 7.72. The molecule has 0 aliphatic carbocycles. The molecule has 1 aliphatic rings. The molecule has 1 aliphatic heterocycles. The number of hydrogen-bond acceptors (Lipinski definition) is 11. The highest BCUT2D eigenvalue weighted by atomic mass is 35.5. The highest BCUT2D eigenvalue weighted by Crippen LogP contribution is 2.42. The van der Waals surface area contributed by atoms with Gasteiger partial charge in [-0.05, 0) is 35.7 Å². The lowest BCUT2D eigenvalue weighted by Gasteiger charge is -2.44. The number of hydrogen-bond donors (Lipinski definition) is 1. The van der Waals surface area contributed by atoms with Gasteiger partial charge in [0.1, 0.15) is 24.6 Å². The first-order chi connectivity index (χ1) is 17.4. The molecular formula is C25H27ClO10S. The Bertz CT molecular complexity index is 1140. The quantitative estimate of drug-likeness (QED) is 0.381. The number of benzene rings is 1. The van der Waals surface area contributed by atoms with Gasteiger partial charge >= 0.3 is 23.9 Å². The van der Waals surface area contributed by atoms with Crippen molar-refractivity contribution in [2.24, 2.45) is 0 Å². The molecule has 1 fully saturated rings. The molecule has 2 aromatic rings. The Hall–Kier alpha value is -3.15. The summed E-state index contributed by atoms with van der Waals surface area (Å²) in [6.45, 7) is 4.41. The van der Waals surface area contributed by atoms with E-state index in [9.17, 15) is 24.3 Å². The summed E-state index contributed by atoms with van der Waals surface area (Å²) < 4.78 is 28.2. The third kappa shape index (κ3) is 7.67. The summed E-state index contributed by atoms with van der Waals surface area (Å²) in [5.41, 5.74) is 1.64. The smallest absolute Gasteiger partial charge is 0.303 e. The number of thiophene rings is 1. The molecule has 0 amide bonds. The van der Waals surface area contributed by atoms with Gasteiger partial charge in [-0.15, -0.1) is 11.3 Å². The predicted molar refractivity (Wildman–Crippen MR) is 131 cm³/mol. The van der Waals surface area contributed by atoms with Crippen molar-refractivity contribution >= 4 is 46.8 Å². The normalized spacial score (nSPS) is 23.1. The van der Waals surface area contributed by atoms with Crippen LogP contribution in [0.1, 0.15) is 49.8 Å². The summed E-state index contributed by atoms with van der Waals surface area (Å²) in [4.78, 5) is 48.0. The van der Waals surface area contributed by atoms with Gasteiger partial charge in [0.05, 0.1) is 4.34 Å². The number of carbonyl (C=O) groups is 4. The summed E-state index contributed by atoms with van der Waals surface area (Å²) in [5.74, 6) is -2.54. The summed E-state index contributed by atoms with van der Waals surface area (Å²) in [5, 5.41) is 9.54. The minimum Gasteiger partial charge on any atom is -0.508 e. The fourth-order valence-electron chi connectivity index (χ4n) is 3.98. The SMILES string of the molecule is CC(=O)OCC1OC(c2cc(Cc3ccc(O)cc3)c(Cl)s2)C(OC(C)=O)C(OC(C)=O)C1OC(C)=O. The molecule has 5 unspecified atom stereocenters. The number of phenols is 1. The third-order valence-corrected chi connectivity index (χ3v) is 6.88. The standard InChI is InChI=1S/C25H27ClO10S/c1-12(27)32-11-19-21(33-13(2)28)23(34-14(3)29)24(35-15(4)30)22(36-19)20-10-17(25(26)37-20)9-16-5-7-18(31)8-6-16/h5-8,10,19,21-24,31H,9,11H2,1-4H3. The van der Waals surface area contributed by atoms with Crippen LogP contribution in [0.3, 0.4) is 0 Å². The van der Waals surface area contributed by atoms with Gasteiger partial charge in [0, 0.05) is 32.6 Å². The van der Waals surface area contributed by atoms with Crippen molar-refractivity contribution in [1.29, 1.82) is 0 Å². The van der Waals surface area contributed by atoms with Gasteiger partial charge in [-0.1, -0.05) is 23.7 Å². The first kappa shape index (κ1) is 28.4. The second-order valence-electron chi connectivity index (χ2n) is 8.41. The minimum absolute atomic E-state index is 0.137. The molecule has 12 heteroatoms. The Balaban J connectivity index is 2.02. The highest BCUT2D eigenvalue weighted by Gasteiger charge is 2.53. The maximum absolute atomic E-state index is 12.0. The second-order valence-corrected chi connectivity index (χ2v) is 10.1. The maximum atomic E-state index is 12.0. The Labute approximate surface area is 222 Å². The topological polar surface area (TPSA) is 135 Å². The molecule has 3 rings (SSSR count). The molecule has 10 nitrogen and oxygen atoms in total. The van der Waals surface area contributed by atoms with Crippen LogP contribution in [0.5, 0.6) is 5.75 Å². The third-order valence-electron chi connectivity index (χ3n) is 5.38. The molecule has 0 saturated carbocycles. The van der Waals surface area contributed by atoms with Crippen molar-refractivity contribution in [2.45, 2.75) is 64.6 Å². The van der Waals surface area contributed by atoms with E-state index in [-0.39, 0.29) is 12.4 Å². The Kier molecular flexibility index (Phi) is 9.52. The van der Waals surface area contributed by atoms with Crippen LogP contribution in [0.25, 0.3) is 0 Å². The fraction of sp³-hybridized carbons (Fsp3) is 0.440. The van der Waals surface area contributed by atoms with E-state index >= 15 is 0 Å². The largest absolute Gasteiger partial charge is 0.508 e. The number of carbonyl (C=O) groups excluding carboxylic acids is 4. The van der Waals surface area contributed by atoms with E-state index in [1.165, 1.54) is 32.1 Å². The Morgan fingerprint density at radius 1 is 0.892 bits per heavy atom. The molecule has 0 bridgehead atoms. The van der Waals surface area contributed by atoms with Crippen LogP contribution >= 0.6 is 22.9 Å². The van der Waals surface area contributed by atoms with E-state index in [1.807, 2.05) is 0 Å². The molecular weight excluding hydrogens is 528 g/mol. The second kappa shape index (κ2) is 12.4. The molecule has 1 aromatic heterocycles. The number of ether oxygens (including phenoxy) is 5. The van der Waals surface area contributed by atoms with E-state index in [0.717, 1.165) is 18.1 Å².